The Labute approximate surface area is 777 Å². The summed E-state index contributed by atoms with van der Waals surface area (Å²) in [5, 5.41) is 34.1. The Morgan fingerprint density at radius 3 is 0.827 bits per heavy atom. The Kier molecular flexibility index (Phi) is 85.8. The highest BCUT2D eigenvalue weighted by Gasteiger charge is 2.36. The molecule has 0 aliphatic carbocycles. The van der Waals surface area contributed by atoms with E-state index in [4.69, 9.17) is 62.7 Å². The monoisotopic (exact) mass is 1900 g/mol. The first-order valence-electron chi connectivity index (χ1n) is 44.6. The van der Waals surface area contributed by atoms with E-state index in [1.807, 2.05) is 6.92 Å². The second-order valence-corrected chi connectivity index (χ2v) is 29.9. The van der Waals surface area contributed by atoms with E-state index in [1.54, 1.807) is 13.8 Å². The molecular weight excluding hydrogens is 1760 g/mol. The van der Waals surface area contributed by atoms with Crippen molar-refractivity contribution in [1.29, 1.82) is 0 Å². The Morgan fingerprint density at radius 1 is 0.308 bits per heavy atom. The van der Waals surface area contributed by atoms with Gasteiger partial charge in [0.25, 0.3) is 0 Å². The zero-order chi connectivity index (χ0) is 100. The van der Waals surface area contributed by atoms with Gasteiger partial charge in [-0.2, -0.15) is 15.0 Å². The molecule has 0 aromatic heterocycles. The summed E-state index contributed by atoms with van der Waals surface area (Å²) in [6, 6.07) is -2.68. The van der Waals surface area contributed by atoms with Crippen LogP contribution in [0.2, 0.25) is 0 Å². The average molecular weight is 1900 g/mol. The van der Waals surface area contributed by atoms with Gasteiger partial charge in [0.05, 0.1) is 71.6 Å². The van der Waals surface area contributed by atoms with Crippen LogP contribution in [0.3, 0.4) is 0 Å². The number of aliphatic hydroxyl groups excluding tert-OH is 3. The molecule has 0 saturated carbocycles. The fraction of sp³-hybridized carbons (Fsp3) is 0.742. The highest BCUT2D eigenvalue weighted by Crippen LogP contribution is 2.28. The van der Waals surface area contributed by atoms with Crippen molar-refractivity contribution in [1.82, 2.24) is 16.0 Å². The van der Waals surface area contributed by atoms with E-state index in [-0.39, 0.29) is 194 Å². The Hall–Kier alpha value is -11.8. The van der Waals surface area contributed by atoms with E-state index >= 15 is 0 Å². The van der Waals surface area contributed by atoms with Crippen LogP contribution in [0.15, 0.2) is 49.3 Å². The lowest BCUT2D eigenvalue weighted by molar-refractivity contribution is -0.165. The van der Waals surface area contributed by atoms with Crippen molar-refractivity contribution in [2.45, 2.75) is 271 Å². The van der Waals surface area contributed by atoms with Gasteiger partial charge in [0.1, 0.15) is 52.9 Å². The third kappa shape index (κ3) is 78.6. The molecule has 44 heteroatoms. The highest BCUT2D eigenvalue weighted by molar-refractivity contribution is 5.87. The number of hydrogen-bond acceptors (Lipinski definition) is 41. The van der Waals surface area contributed by atoms with Crippen LogP contribution in [0, 0.1) is 10.8 Å². The van der Waals surface area contributed by atoms with E-state index in [0.29, 0.717) is 166 Å². The molecule has 0 aliphatic rings. The maximum absolute atomic E-state index is 12.8. The molecule has 3 amide bonds. The summed E-state index contributed by atoms with van der Waals surface area (Å²) in [6.07, 6.45) is 20.8. The molecule has 0 fully saturated rings. The Morgan fingerprint density at radius 2 is 0.571 bits per heavy atom. The smallest absolute Gasteiger partial charge is 0.407 e. The largest absolute Gasteiger partial charge is 0.467 e. The summed E-state index contributed by atoms with van der Waals surface area (Å²) in [5.74, 6) is -5.59. The first-order chi connectivity index (χ1) is 63.9. The number of unbranched alkanes of at least 4 members (excludes halogenated alkanes) is 15. The molecule has 0 radical (unpaired) electrons. The van der Waals surface area contributed by atoms with Crippen LogP contribution in [0.4, 0.5) is 14.4 Å². The molecule has 0 aromatic carbocycles. The molecule has 0 saturated heterocycles. The summed E-state index contributed by atoms with van der Waals surface area (Å²) >= 11 is 0. The number of methoxy groups -OCH3 is 3. The van der Waals surface area contributed by atoms with E-state index in [9.17, 15) is 91.1 Å². The number of carbonyl (C=O) groups is 14. The van der Waals surface area contributed by atoms with Crippen LogP contribution < -0.4 is 16.0 Å². The predicted molar refractivity (Wildman–Crippen MR) is 472 cm³/mol. The van der Waals surface area contributed by atoms with Crippen molar-refractivity contribution in [2.75, 3.05) is 147 Å². The fourth-order valence-corrected chi connectivity index (χ4v) is 10.6. The molecule has 0 rings (SSSR count). The van der Waals surface area contributed by atoms with E-state index < -0.39 is 95.0 Å². The topological polar surface area (TPSA) is 612 Å². The zero-order valence-electron chi connectivity index (χ0n) is 78.4. The molecule has 6 N–H and O–H groups in total. The minimum atomic E-state index is -1.06. The van der Waals surface area contributed by atoms with Gasteiger partial charge in [0.15, 0.2) is 18.1 Å². The van der Waals surface area contributed by atoms with Crippen LogP contribution in [0.5, 0.6) is 0 Å². The summed E-state index contributed by atoms with van der Waals surface area (Å²) in [6.45, 7) is 14.6. The van der Waals surface area contributed by atoms with Gasteiger partial charge in [0, 0.05) is 82.6 Å². The van der Waals surface area contributed by atoms with Gasteiger partial charge < -0.3 is 97.6 Å². The van der Waals surface area contributed by atoms with Gasteiger partial charge >= 0.3 is 83.9 Å². The number of nitrogens with one attached hydrogen (secondary N) is 3. The number of nitrogens with zero attached hydrogens (tertiary/aromatic N) is 5. The number of isocyanates is 5. The molecule has 0 bridgehead atoms. The lowest BCUT2D eigenvalue weighted by Crippen LogP contribution is -2.39. The Balaban J connectivity index is -0.00000113. The second kappa shape index (κ2) is 89.5. The predicted octanol–water partition coefficient (Wildman–Crippen LogP) is 8.57. The standard InChI is InChI=1S/C49H77N5O20.C24H44O9.C9H12N2O4.C7H9NO3/c1-6-49(34-74-42(59)24-12-9-19-30-71-48(65)52-27-31-68-43(60)37(2)3,32-72-40(57)22-10-7-17-28-69-46(63)50-25-15-13-20-38(53-35-55)44(61)66-4)33-73-41(58)23-11-8-18-29-70-47(64)51-26-16-14-21-39(54-36-56)45(62)67-5;1-2-24(18-31-21(28)12-6-3-9-15-25,19-32-22(29)13-7-4-10-16-26)20-33-23(30)14-8-5-11-17-27;1-15-9(14)8(11-7-13)4-2-3-5-10-6-12;1-6(2)7(10)11-4-3-8-5-9/h38-39H,2,6-34H2,1,3-5H3,(H,50,63)(H,51,64)(H,52,65);25-27H,2-20H2,1H3;8H,2-5H2,1H3;1,3-4H2,2H3. The third-order valence-electron chi connectivity index (χ3n) is 18.9. The lowest BCUT2D eigenvalue weighted by atomic mass is 9.88. The molecule has 44 nitrogen and oxygen atoms in total. The summed E-state index contributed by atoms with van der Waals surface area (Å²) < 4.78 is 71.6. The number of esters is 11. The van der Waals surface area contributed by atoms with Crippen LogP contribution in [-0.4, -0.2) is 294 Å². The van der Waals surface area contributed by atoms with Crippen molar-refractivity contribution in [3.8, 4) is 0 Å². The van der Waals surface area contributed by atoms with Crippen LogP contribution in [-0.2, 0) is 143 Å². The van der Waals surface area contributed by atoms with Crippen molar-refractivity contribution in [3.05, 3.63) is 24.3 Å². The van der Waals surface area contributed by atoms with Gasteiger partial charge in [-0.3, -0.25) is 28.8 Å². The molecule has 0 aromatic rings. The fourth-order valence-electron chi connectivity index (χ4n) is 10.6. The number of aliphatic hydroxyl groups is 3. The number of alkyl carbamates (subject to hydrolysis) is 3. The van der Waals surface area contributed by atoms with Crippen molar-refractivity contribution < 1.29 is 173 Å². The number of amides is 3. The zero-order valence-corrected chi connectivity index (χ0v) is 78.4. The molecular formula is C89H142N8O36. The average Bonchev–Trinajstić information content (AvgIpc) is 0.865. The number of rotatable bonds is 76. The van der Waals surface area contributed by atoms with Gasteiger partial charge in [-0.25, -0.2) is 72.3 Å². The van der Waals surface area contributed by atoms with Crippen LogP contribution >= 0.6 is 0 Å². The molecule has 3 unspecified atom stereocenters. The molecule has 0 spiro atoms. The van der Waals surface area contributed by atoms with Crippen molar-refractivity contribution >= 4 is 114 Å². The molecule has 754 valence electrons. The number of aliphatic imine (C=N–C) groups is 5. The quantitative estimate of drug-likeness (QED) is 0.00828. The highest BCUT2D eigenvalue weighted by atomic mass is 16.6. The van der Waals surface area contributed by atoms with Gasteiger partial charge in [-0.1, -0.05) is 46.3 Å². The SMILES string of the molecule is C=C(C)C(=O)OCCN=C=O.C=C(C)C(=O)OCCNC(=O)OCCCCCC(=O)OCC(CC)(COC(=O)CCCCCOC(=O)NCCCCC(N=C=O)C(=O)OC)COC(=O)CCCCCOC(=O)NCCCCC(N=C=O)C(=O)OC.CCC(COC(=O)CCCCCO)(COC(=O)CCCCCO)COC(=O)CCCCCO.COC(=O)C(CCCCN=C=O)N=C=O. The number of hydrogen-bond donors (Lipinski definition) is 6. The molecule has 3 atom stereocenters. The number of carbonyl (C=O) groups excluding carboxylic acids is 19. The maximum atomic E-state index is 12.8. The van der Waals surface area contributed by atoms with Gasteiger partial charge in [-0.15, -0.1) is 0 Å². The third-order valence-corrected chi connectivity index (χ3v) is 18.9. The van der Waals surface area contributed by atoms with Crippen LogP contribution in [0.25, 0.3) is 0 Å². The Bertz CT molecular complexity index is 3450. The van der Waals surface area contributed by atoms with E-state index in [1.165, 1.54) is 58.7 Å². The first kappa shape index (κ1) is 128. The normalized spacial score (nSPS) is 11.4. The number of ether oxygens (including phenoxy) is 14. The lowest BCUT2D eigenvalue weighted by Gasteiger charge is -2.31. The van der Waals surface area contributed by atoms with Crippen molar-refractivity contribution in [3.63, 3.8) is 0 Å². The van der Waals surface area contributed by atoms with E-state index in [0.717, 1.165) is 19.3 Å². The molecule has 133 heavy (non-hydrogen) atoms. The van der Waals surface area contributed by atoms with Crippen LogP contribution in [0.1, 0.15) is 252 Å². The minimum absolute atomic E-state index is 0.0298. The van der Waals surface area contributed by atoms with Gasteiger partial charge in [-0.05, 0) is 181 Å². The second-order valence-electron chi connectivity index (χ2n) is 29.9. The first-order valence-corrected chi connectivity index (χ1v) is 44.6. The molecule has 0 aliphatic heterocycles. The molecule has 0 heterocycles. The van der Waals surface area contributed by atoms with Gasteiger partial charge in [0.2, 0.25) is 30.4 Å². The maximum Gasteiger partial charge on any atom is 0.407 e. The van der Waals surface area contributed by atoms with E-state index in [2.05, 4.69) is 73.0 Å². The summed E-state index contributed by atoms with van der Waals surface area (Å²) in [5.41, 5.74) is -1.32. The summed E-state index contributed by atoms with van der Waals surface area (Å²) in [7, 11) is 3.61. The minimum Gasteiger partial charge on any atom is -0.467 e. The van der Waals surface area contributed by atoms with Crippen molar-refractivity contribution in [2.24, 2.45) is 35.8 Å². The summed E-state index contributed by atoms with van der Waals surface area (Å²) in [4.78, 5) is 234.